The first-order valence-corrected chi connectivity index (χ1v) is 8.06. The molecule has 1 aromatic carbocycles. The van der Waals surface area contributed by atoms with E-state index in [0.29, 0.717) is 5.92 Å². The summed E-state index contributed by atoms with van der Waals surface area (Å²) in [6, 6.07) is 6.49. The highest BCUT2D eigenvalue weighted by atomic mass is 19.1. The largest absolute Gasteiger partial charge is 0.383 e. The molecular formula is C18H22FN3O. The van der Waals surface area contributed by atoms with Crippen LogP contribution in [-0.4, -0.2) is 48.2 Å². The van der Waals surface area contributed by atoms with Gasteiger partial charge in [0.2, 0.25) is 0 Å². The maximum Gasteiger partial charge on any atom is 0.123 e. The highest BCUT2D eigenvalue weighted by Gasteiger charge is 2.25. The molecule has 0 N–H and O–H groups in total. The molecule has 23 heavy (non-hydrogen) atoms. The molecule has 3 rings (SSSR count). The van der Waals surface area contributed by atoms with E-state index in [1.54, 1.807) is 31.6 Å². The van der Waals surface area contributed by atoms with Crippen molar-refractivity contribution < 1.29 is 9.13 Å². The SMILES string of the molecule is COCCN1CCC[C@H](c2nccnc2-c2ccc(F)cc2)C1. The third-order valence-electron chi connectivity index (χ3n) is 4.35. The summed E-state index contributed by atoms with van der Waals surface area (Å²) in [5.74, 6) is 0.122. The Morgan fingerprint density at radius 1 is 1.22 bits per heavy atom. The zero-order valence-corrected chi connectivity index (χ0v) is 13.4. The maximum atomic E-state index is 13.2. The molecule has 0 amide bonds. The molecule has 0 aliphatic carbocycles. The lowest BCUT2D eigenvalue weighted by Crippen LogP contribution is -2.37. The third kappa shape index (κ3) is 3.92. The Kier molecular flexibility index (Phi) is 5.31. The Morgan fingerprint density at radius 2 is 2.00 bits per heavy atom. The van der Waals surface area contributed by atoms with Crippen molar-refractivity contribution >= 4 is 0 Å². The van der Waals surface area contributed by atoms with Crippen molar-refractivity contribution in [2.75, 3.05) is 33.4 Å². The van der Waals surface area contributed by atoms with Gasteiger partial charge in [0, 0.05) is 44.1 Å². The van der Waals surface area contributed by atoms with Gasteiger partial charge in [-0.15, -0.1) is 0 Å². The van der Waals surface area contributed by atoms with Crippen molar-refractivity contribution in [1.82, 2.24) is 14.9 Å². The molecular weight excluding hydrogens is 293 g/mol. The van der Waals surface area contributed by atoms with Crippen molar-refractivity contribution in [3.05, 3.63) is 48.2 Å². The fourth-order valence-corrected chi connectivity index (χ4v) is 3.18. The van der Waals surface area contributed by atoms with Crippen LogP contribution in [0.2, 0.25) is 0 Å². The molecule has 0 saturated carbocycles. The van der Waals surface area contributed by atoms with Gasteiger partial charge in [0.15, 0.2) is 0 Å². The van der Waals surface area contributed by atoms with Crippen molar-refractivity contribution in [2.45, 2.75) is 18.8 Å². The van der Waals surface area contributed by atoms with Gasteiger partial charge in [-0.25, -0.2) is 4.39 Å². The van der Waals surface area contributed by atoms with Gasteiger partial charge in [0.25, 0.3) is 0 Å². The summed E-state index contributed by atoms with van der Waals surface area (Å²) in [5, 5.41) is 0. The number of rotatable bonds is 5. The topological polar surface area (TPSA) is 38.2 Å². The molecule has 4 nitrogen and oxygen atoms in total. The minimum Gasteiger partial charge on any atom is -0.383 e. The van der Waals surface area contributed by atoms with Gasteiger partial charge in [0.05, 0.1) is 18.0 Å². The summed E-state index contributed by atoms with van der Waals surface area (Å²) in [7, 11) is 1.73. The van der Waals surface area contributed by atoms with E-state index in [4.69, 9.17) is 4.74 Å². The van der Waals surface area contributed by atoms with E-state index in [1.807, 2.05) is 0 Å². The summed E-state index contributed by atoms with van der Waals surface area (Å²) in [5.41, 5.74) is 2.80. The number of halogens is 1. The summed E-state index contributed by atoms with van der Waals surface area (Å²) in [6.07, 6.45) is 5.70. The van der Waals surface area contributed by atoms with Gasteiger partial charge < -0.3 is 9.64 Å². The second-order valence-corrected chi connectivity index (χ2v) is 5.93. The molecule has 1 aliphatic rings. The van der Waals surface area contributed by atoms with Crippen molar-refractivity contribution in [1.29, 1.82) is 0 Å². The standard InChI is InChI=1S/C18H22FN3O/c1-23-12-11-22-10-2-3-15(13-22)18-17(20-8-9-21-18)14-4-6-16(19)7-5-14/h4-9,15H,2-3,10-13H2,1H3/t15-/m0/s1. The van der Waals surface area contributed by atoms with Gasteiger partial charge >= 0.3 is 0 Å². The van der Waals surface area contributed by atoms with E-state index in [2.05, 4.69) is 14.9 Å². The molecule has 5 heteroatoms. The molecule has 0 bridgehead atoms. The van der Waals surface area contributed by atoms with E-state index in [0.717, 1.165) is 56.0 Å². The molecule has 1 fully saturated rings. The Labute approximate surface area is 136 Å². The number of aromatic nitrogens is 2. The monoisotopic (exact) mass is 315 g/mol. The molecule has 2 aromatic rings. The molecule has 1 atom stereocenters. The molecule has 1 aliphatic heterocycles. The molecule has 122 valence electrons. The molecule has 0 radical (unpaired) electrons. The number of likely N-dealkylation sites (tertiary alicyclic amines) is 1. The fourth-order valence-electron chi connectivity index (χ4n) is 3.18. The van der Waals surface area contributed by atoms with E-state index < -0.39 is 0 Å². The molecule has 2 heterocycles. The average Bonchev–Trinajstić information content (AvgIpc) is 2.61. The van der Waals surface area contributed by atoms with E-state index in [1.165, 1.54) is 12.1 Å². The first kappa shape index (κ1) is 16.0. The third-order valence-corrected chi connectivity index (χ3v) is 4.35. The number of nitrogens with zero attached hydrogens (tertiary/aromatic N) is 3. The quantitative estimate of drug-likeness (QED) is 0.850. The number of piperidine rings is 1. The zero-order valence-electron chi connectivity index (χ0n) is 13.4. The summed E-state index contributed by atoms with van der Waals surface area (Å²) >= 11 is 0. The van der Waals surface area contributed by atoms with Crippen LogP contribution in [0.15, 0.2) is 36.7 Å². The highest BCUT2D eigenvalue weighted by Crippen LogP contribution is 2.31. The van der Waals surface area contributed by atoms with Crippen LogP contribution < -0.4 is 0 Å². The predicted octanol–water partition coefficient (Wildman–Crippen LogP) is 3.11. The second kappa shape index (κ2) is 7.62. The van der Waals surface area contributed by atoms with Gasteiger partial charge in [0.1, 0.15) is 5.82 Å². The van der Waals surface area contributed by atoms with E-state index >= 15 is 0 Å². The van der Waals surface area contributed by atoms with Crippen LogP contribution in [0.5, 0.6) is 0 Å². The second-order valence-electron chi connectivity index (χ2n) is 5.93. The Hall–Kier alpha value is -1.85. The molecule has 1 aromatic heterocycles. The summed E-state index contributed by atoms with van der Waals surface area (Å²) in [6.45, 7) is 3.76. The normalized spacial score (nSPS) is 19.0. The van der Waals surface area contributed by atoms with Gasteiger partial charge in [-0.3, -0.25) is 9.97 Å². The summed E-state index contributed by atoms with van der Waals surface area (Å²) < 4.78 is 18.4. The minimum absolute atomic E-state index is 0.234. The lowest BCUT2D eigenvalue weighted by atomic mass is 9.91. The lowest BCUT2D eigenvalue weighted by Gasteiger charge is -2.32. The van der Waals surface area contributed by atoms with Crippen LogP contribution in [0.1, 0.15) is 24.5 Å². The van der Waals surface area contributed by atoms with Crippen molar-refractivity contribution in [2.24, 2.45) is 0 Å². The number of benzene rings is 1. The lowest BCUT2D eigenvalue weighted by molar-refractivity contribution is 0.127. The summed E-state index contributed by atoms with van der Waals surface area (Å²) in [4.78, 5) is 11.5. The smallest absolute Gasteiger partial charge is 0.123 e. The van der Waals surface area contributed by atoms with E-state index in [-0.39, 0.29) is 5.82 Å². The van der Waals surface area contributed by atoms with Gasteiger partial charge in [-0.1, -0.05) is 0 Å². The van der Waals surface area contributed by atoms with Crippen LogP contribution in [0.4, 0.5) is 4.39 Å². The molecule has 0 spiro atoms. The van der Waals surface area contributed by atoms with Crippen molar-refractivity contribution in [3.63, 3.8) is 0 Å². The average molecular weight is 315 g/mol. The van der Waals surface area contributed by atoms with E-state index in [9.17, 15) is 4.39 Å². The maximum absolute atomic E-state index is 13.2. The number of ether oxygens (including phenoxy) is 1. The zero-order chi connectivity index (χ0) is 16.1. The Bertz CT molecular complexity index is 632. The van der Waals surface area contributed by atoms with Gasteiger partial charge in [-0.2, -0.15) is 0 Å². The fraction of sp³-hybridized carbons (Fsp3) is 0.444. The van der Waals surface area contributed by atoms with Crippen LogP contribution in [0.3, 0.4) is 0 Å². The predicted molar refractivity (Wildman–Crippen MR) is 87.7 cm³/mol. The molecule has 1 saturated heterocycles. The number of hydrogen-bond donors (Lipinski definition) is 0. The molecule has 0 unspecified atom stereocenters. The van der Waals surface area contributed by atoms with Crippen LogP contribution >= 0.6 is 0 Å². The van der Waals surface area contributed by atoms with Crippen LogP contribution in [0.25, 0.3) is 11.3 Å². The van der Waals surface area contributed by atoms with Crippen molar-refractivity contribution in [3.8, 4) is 11.3 Å². The number of hydrogen-bond acceptors (Lipinski definition) is 4. The Balaban J connectivity index is 1.83. The first-order valence-electron chi connectivity index (χ1n) is 8.06. The number of methoxy groups -OCH3 is 1. The van der Waals surface area contributed by atoms with Crippen LogP contribution in [-0.2, 0) is 4.74 Å². The Morgan fingerprint density at radius 3 is 2.78 bits per heavy atom. The first-order chi connectivity index (χ1) is 11.3. The highest BCUT2D eigenvalue weighted by molar-refractivity contribution is 5.62. The van der Waals surface area contributed by atoms with Crippen LogP contribution in [0, 0.1) is 5.82 Å². The minimum atomic E-state index is -0.234. The van der Waals surface area contributed by atoms with Gasteiger partial charge in [-0.05, 0) is 43.7 Å².